The summed E-state index contributed by atoms with van der Waals surface area (Å²) in [5.74, 6) is -4.74. The van der Waals surface area contributed by atoms with Gasteiger partial charge in [-0.2, -0.15) is 13.8 Å². The van der Waals surface area contributed by atoms with Crippen LogP contribution in [0.4, 0.5) is 17.6 Å². The smallest absolute Gasteiger partial charge is 0.308 e. The highest BCUT2D eigenvalue weighted by atomic mass is 32.1. The van der Waals surface area contributed by atoms with Crippen molar-refractivity contribution in [2.75, 3.05) is 0 Å². The van der Waals surface area contributed by atoms with Crippen LogP contribution < -0.4 is 0 Å². The summed E-state index contributed by atoms with van der Waals surface area (Å²) in [5, 5.41) is 9.73. The molecule has 2 aromatic heterocycles. The normalized spacial score (nSPS) is 11.2. The first kappa shape index (κ1) is 21.6. The number of rotatable bonds is 6. The predicted octanol–water partition coefficient (Wildman–Crippen LogP) is 5.57. The van der Waals surface area contributed by atoms with E-state index in [4.69, 9.17) is 0 Å². The first-order chi connectivity index (χ1) is 15.3. The molecular formula is C23H14F4N2O2S. The zero-order valence-electron chi connectivity index (χ0n) is 16.2. The summed E-state index contributed by atoms with van der Waals surface area (Å²) >= 11 is 1.06. The molecule has 0 unspecified atom stereocenters. The van der Waals surface area contributed by atoms with Gasteiger partial charge in [-0.15, -0.1) is 11.3 Å². The number of halogens is 4. The summed E-state index contributed by atoms with van der Waals surface area (Å²) in [5.41, 5.74) is 1.42. The van der Waals surface area contributed by atoms with E-state index in [0.29, 0.717) is 16.1 Å². The molecule has 1 N–H and O–H groups in total. The van der Waals surface area contributed by atoms with E-state index < -0.39 is 41.8 Å². The van der Waals surface area contributed by atoms with Crippen LogP contribution in [-0.2, 0) is 11.2 Å². The quantitative estimate of drug-likeness (QED) is 0.303. The Balaban J connectivity index is 1.90. The molecule has 0 aliphatic rings. The van der Waals surface area contributed by atoms with Crippen LogP contribution in [0.2, 0.25) is 0 Å². The van der Waals surface area contributed by atoms with Gasteiger partial charge in [0.25, 0.3) is 0 Å². The van der Waals surface area contributed by atoms with Crippen molar-refractivity contribution in [1.82, 2.24) is 9.97 Å². The maximum absolute atomic E-state index is 13.7. The number of benzene rings is 2. The van der Waals surface area contributed by atoms with Gasteiger partial charge in [0.2, 0.25) is 11.9 Å². The third kappa shape index (κ3) is 4.67. The van der Waals surface area contributed by atoms with E-state index in [-0.39, 0.29) is 16.1 Å². The molecule has 0 atom stereocenters. The van der Waals surface area contributed by atoms with E-state index >= 15 is 0 Å². The van der Waals surface area contributed by atoms with Crippen molar-refractivity contribution in [2.45, 2.75) is 12.3 Å². The lowest BCUT2D eigenvalue weighted by molar-refractivity contribution is -0.136. The van der Waals surface area contributed by atoms with Gasteiger partial charge >= 0.3 is 5.97 Å². The van der Waals surface area contributed by atoms with E-state index in [1.54, 1.807) is 24.3 Å². The van der Waals surface area contributed by atoms with Crippen LogP contribution in [0, 0.1) is 23.5 Å². The maximum atomic E-state index is 13.7. The number of hydrogen-bond donors (Lipinski definition) is 1. The van der Waals surface area contributed by atoms with E-state index in [0.717, 1.165) is 23.5 Å². The molecular weight excluding hydrogens is 444 g/mol. The number of carbonyl (C=O) groups is 1. The molecule has 0 radical (unpaired) electrons. The topological polar surface area (TPSA) is 63.1 Å². The highest BCUT2D eigenvalue weighted by Crippen LogP contribution is 2.39. The SMILES string of the molecule is O=C(O)Cc1sc(C(c2ccc(F)cc2)c2ccc(F)cc2)nc1-c1cc(F)nc(F)c1. The summed E-state index contributed by atoms with van der Waals surface area (Å²) in [6.45, 7) is 0. The van der Waals surface area contributed by atoms with Crippen molar-refractivity contribution in [3.05, 3.63) is 105 Å². The van der Waals surface area contributed by atoms with Crippen molar-refractivity contribution < 1.29 is 27.5 Å². The summed E-state index contributed by atoms with van der Waals surface area (Å²) in [6.07, 6.45) is -0.419. The maximum Gasteiger partial charge on any atom is 0.308 e. The number of pyridine rings is 1. The molecule has 0 amide bonds. The molecule has 4 aromatic rings. The van der Waals surface area contributed by atoms with Crippen LogP contribution in [0.5, 0.6) is 0 Å². The Bertz CT molecular complexity index is 1210. The lowest BCUT2D eigenvalue weighted by atomic mass is 9.92. The van der Waals surface area contributed by atoms with Gasteiger partial charge in [0.1, 0.15) is 16.6 Å². The summed E-state index contributed by atoms with van der Waals surface area (Å²) in [4.78, 5) is 19.3. The molecule has 162 valence electrons. The van der Waals surface area contributed by atoms with Gasteiger partial charge in [-0.25, -0.2) is 13.8 Å². The van der Waals surface area contributed by atoms with E-state index in [1.165, 1.54) is 24.3 Å². The average Bonchev–Trinajstić information content (AvgIpc) is 3.13. The molecule has 2 heterocycles. The molecule has 32 heavy (non-hydrogen) atoms. The fraction of sp³-hybridized carbons (Fsp3) is 0.0870. The second-order valence-corrected chi connectivity index (χ2v) is 8.05. The largest absolute Gasteiger partial charge is 0.481 e. The number of carboxylic acid groups (broad SMARTS) is 1. The van der Waals surface area contributed by atoms with E-state index in [2.05, 4.69) is 9.97 Å². The Morgan fingerprint density at radius 2 is 1.34 bits per heavy atom. The second kappa shape index (κ2) is 8.88. The Hall–Kier alpha value is -3.59. The van der Waals surface area contributed by atoms with Crippen LogP contribution in [0.1, 0.15) is 26.9 Å². The molecule has 0 saturated heterocycles. The van der Waals surface area contributed by atoms with Crippen molar-refractivity contribution in [1.29, 1.82) is 0 Å². The molecule has 2 aromatic carbocycles. The number of carboxylic acids is 1. The fourth-order valence-electron chi connectivity index (χ4n) is 3.37. The van der Waals surface area contributed by atoms with E-state index in [1.807, 2.05) is 0 Å². The first-order valence-electron chi connectivity index (χ1n) is 9.36. The molecule has 0 spiro atoms. The van der Waals surface area contributed by atoms with Gasteiger partial charge < -0.3 is 5.11 Å². The van der Waals surface area contributed by atoms with Gasteiger partial charge in [-0.1, -0.05) is 24.3 Å². The third-order valence-corrected chi connectivity index (χ3v) is 5.84. The zero-order valence-corrected chi connectivity index (χ0v) is 17.0. The van der Waals surface area contributed by atoms with Crippen LogP contribution in [0.15, 0.2) is 60.7 Å². The number of nitrogens with zero attached hydrogens (tertiary/aromatic N) is 2. The highest BCUT2D eigenvalue weighted by Gasteiger charge is 2.25. The third-order valence-electron chi connectivity index (χ3n) is 4.72. The minimum Gasteiger partial charge on any atom is -0.481 e. The summed E-state index contributed by atoms with van der Waals surface area (Å²) in [6, 6.07) is 13.2. The highest BCUT2D eigenvalue weighted by molar-refractivity contribution is 7.12. The Morgan fingerprint density at radius 3 is 1.81 bits per heavy atom. The first-order valence-corrected chi connectivity index (χ1v) is 10.2. The van der Waals surface area contributed by atoms with Crippen molar-refractivity contribution in [2.24, 2.45) is 0 Å². The van der Waals surface area contributed by atoms with Crippen LogP contribution in [0.25, 0.3) is 11.3 Å². The van der Waals surface area contributed by atoms with Crippen molar-refractivity contribution in [3.63, 3.8) is 0 Å². The monoisotopic (exact) mass is 458 g/mol. The Labute approximate surface area is 183 Å². The van der Waals surface area contributed by atoms with E-state index in [9.17, 15) is 27.5 Å². The zero-order chi connectivity index (χ0) is 22.8. The average molecular weight is 458 g/mol. The molecule has 9 heteroatoms. The van der Waals surface area contributed by atoms with Gasteiger partial charge in [0.05, 0.1) is 18.0 Å². The van der Waals surface area contributed by atoms with Crippen LogP contribution in [0.3, 0.4) is 0 Å². The minimum atomic E-state index is -1.14. The van der Waals surface area contributed by atoms with Gasteiger partial charge in [-0.3, -0.25) is 4.79 Å². The lowest BCUT2D eigenvalue weighted by Crippen LogP contribution is -2.03. The summed E-state index contributed by atoms with van der Waals surface area (Å²) < 4.78 is 54.5. The standard InChI is InChI=1S/C23H14F4N2O2S/c24-15-5-1-12(2-6-15)21(13-3-7-16(25)8-4-13)23-29-22(17(32-23)11-20(30)31)14-9-18(26)28-19(27)10-14/h1-10,21H,11H2,(H,30,31). The van der Waals surface area contributed by atoms with Crippen molar-refractivity contribution >= 4 is 17.3 Å². The molecule has 4 nitrogen and oxygen atoms in total. The number of thiazole rings is 1. The predicted molar refractivity (Wildman–Crippen MR) is 110 cm³/mol. The minimum absolute atomic E-state index is 0.0470. The Morgan fingerprint density at radius 1 is 0.844 bits per heavy atom. The summed E-state index contributed by atoms with van der Waals surface area (Å²) in [7, 11) is 0. The van der Waals surface area contributed by atoms with Crippen LogP contribution >= 0.6 is 11.3 Å². The van der Waals surface area contributed by atoms with Gasteiger partial charge in [0.15, 0.2) is 0 Å². The lowest BCUT2D eigenvalue weighted by Gasteiger charge is -2.16. The second-order valence-electron chi connectivity index (χ2n) is 6.93. The van der Waals surface area contributed by atoms with Gasteiger partial charge in [-0.05, 0) is 35.4 Å². The van der Waals surface area contributed by atoms with Gasteiger partial charge in [0, 0.05) is 22.6 Å². The van der Waals surface area contributed by atoms with Crippen LogP contribution in [-0.4, -0.2) is 21.0 Å². The number of aliphatic carboxylic acids is 1. The number of hydrogen-bond acceptors (Lipinski definition) is 4. The molecule has 4 rings (SSSR count). The molecule has 0 saturated carbocycles. The Kier molecular flexibility index (Phi) is 6.00. The number of aromatic nitrogens is 2. The molecule has 0 bridgehead atoms. The van der Waals surface area contributed by atoms with Crippen molar-refractivity contribution in [3.8, 4) is 11.3 Å². The molecule has 0 aliphatic heterocycles. The molecule has 0 aliphatic carbocycles. The fourth-order valence-corrected chi connectivity index (χ4v) is 4.60. The molecule has 0 fully saturated rings.